The maximum atomic E-state index is 12.1. The normalized spacial score (nSPS) is 11.9. The summed E-state index contributed by atoms with van der Waals surface area (Å²) in [5.41, 5.74) is 1.99. The van der Waals surface area contributed by atoms with Gasteiger partial charge in [-0.1, -0.05) is 6.07 Å². The molecule has 2 aromatic heterocycles. The lowest BCUT2D eigenvalue weighted by molar-refractivity contribution is -0.112. The predicted octanol–water partition coefficient (Wildman–Crippen LogP) is 3.28. The van der Waals surface area contributed by atoms with Crippen LogP contribution in [0.3, 0.4) is 0 Å². The minimum absolute atomic E-state index is 0.248. The molecule has 2 rings (SSSR count). The van der Waals surface area contributed by atoms with Crippen LogP contribution < -0.4 is 5.32 Å². The van der Waals surface area contributed by atoms with Crippen LogP contribution in [-0.2, 0) is 9.53 Å². The van der Waals surface area contributed by atoms with Crippen LogP contribution in [0, 0.1) is 0 Å². The van der Waals surface area contributed by atoms with E-state index in [4.69, 9.17) is 4.74 Å². The van der Waals surface area contributed by atoms with Crippen molar-refractivity contribution in [2.24, 2.45) is 4.99 Å². The van der Waals surface area contributed by atoms with Gasteiger partial charge in [0.2, 0.25) is 5.88 Å². The summed E-state index contributed by atoms with van der Waals surface area (Å²) in [5.74, 6) is 0.0894. The van der Waals surface area contributed by atoms with Crippen LogP contribution in [0.4, 0.5) is 5.13 Å². The Morgan fingerprint density at radius 1 is 1.39 bits per heavy atom. The molecule has 0 unspecified atom stereocenters. The van der Waals surface area contributed by atoms with Crippen LogP contribution in [0.15, 0.2) is 58.4 Å². The van der Waals surface area contributed by atoms with Gasteiger partial charge in [-0.2, -0.15) is 0 Å². The number of aliphatic imine (C=N–C) groups is 1. The Morgan fingerprint density at radius 2 is 2.22 bits per heavy atom. The highest BCUT2D eigenvalue weighted by atomic mass is 32.1. The lowest BCUT2D eigenvalue weighted by Gasteiger charge is -2.01. The molecule has 0 bridgehead atoms. The standard InChI is InChI=1S/C16H16N4O2S/c1-11(7-8-14(17-2)22-3)15(21)20-16-19-13(10-23-16)12-6-4-5-9-18-12/h4-10H,2H2,1,3H3,(H,19,20,21)/b11-7+,14-8+. The van der Waals surface area contributed by atoms with Gasteiger partial charge >= 0.3 is 0 Å². The van der Waals surface area contributed by atoms with E-state index in [1.807, 2.05) is 23.6 Å². The molecule has 0 radical (unpaired) electrons. The number of aromatic nitrogens is 2. The molecular formula is C16H16N4O2S. The van der Waals surface area contributed by atoms with Crippen LogP contribution in [0.2, 0.25) is 0 Å². The molecule has 0 aliphatic carbocycles. The van der Waals surface area contributed by atoms with E-state index in [1.54, 1.807) is 25.3 Å². The highest BCUT2D eigenvalue weighted by Crippen LogP contribution is 2.23. The molecule has 118 valence electrons. The van der Waals surface area contributed by atoms with Gasteiger partial charge in [0.1, 0.15) is 5.69 Å². The van der Waals surface area contributed by atoms with Gasteiger partial charge in [-0.05, 0) is 31.9 Å². The molecule has 1 N–H and O–H groups in total. The van der Waals surface area contributed by atoms with Crippen molar-refractivity contribution in [2.45, 2.75) is 6.92 Å². The summed E-state index contributed by atoms with van der Waals surface area (Å²) in [7, 11) is 1.48. The first-order valence-electron chi connectivity index (χ1n) is 6.71. The van der Waals surface area contributed by atoms with Crippen molar-refractivity contribution >= 4 is 29.1 Å². The van der Waals surface area contributed by atoms with E-state index in [-0.39, 0.29) is 5.91 Å². The van der Waals surface area contributed by atoms with E-state index in [9.17, 15) is 4.79 Å². The summed E-state index contributed by atoms with van der Waals surface area (Å²) < 4.78 is 4.94. The summed E-state index contributed by atoms with van der Waals surface area (Å²) in [6.07, 6.45) is 4.88. The number of pyridine rings is 1. The molecule has 23 heavy (non-hydrogen) atoms. The van der Waals surface area contributed by atoms with Crippen LogP contribution in [0.1, 0.15) is 6.92 Å². The molecule has 7 heteroatoms. The van der Waals surface area contributed by atoms with Gasteiger partial charge in [0, 0.05) is 23.2 Å². The third-order valence-electron chi connectivity index (χ3n) is 2.85. The molecular weight excluding hydrogens is 312 g/mol. The molecule has 0 fully saturated rings. The van der Waals surface area contributed by atoms with Gasteiger partial charge in [-0.3, -0.25) is 15.1 Å². The number of carbonyl (C=O) groups excluding carboxylic acids is 1. The van der Waals surface area contributed by atoms with Crippen molar-refractivity contribution in [3.05, 3.63) is 53.4 Å². The highest BCUT2D eigenvalue weighted by molar-refractivity contribution is 7.14. The van der Waals surface area contributed by atoms with E-state index in [0.717, 1.165) is 11.4 Å². The molecule has 6 nitrogen and oxygen atoms in total. The van der Waals surface area contributed by atoms with E-state index < -0.39 is 0 Å². The first-order chi connectivity index (χ1) is 11.1. The zero-order chi connectivity index (χ0) is 16.7. The minimum Gasteiger partial charge on any atom is -0.481 e. The quantitative estimate of drug-likeness (QED) is 0.382. The molecule has 0 atom stereocenters. The van der Waals surface area contributed by atoms with Gasteiger partial charge < -0.3 is 4.74 Å². The number of methoxy groups -OCH3 is 1. The zero-order valence-electron chi connectivity index (χ0n) is 12.8. The monoisotopic (exact) mass is 328 g/mol. The second-order valence-corrected chi connectivity index (χ2v) is 5.28. The van der Waals surface area contributed by atoms with E-state index in [1.165, 1.54) is 18.4 Å². The average Bonchev–Trinajstić information content (AvgIpc) is 3.05. The summed E-state index contributed by atoms with van der Waals surface area (Å²) in [6, 6.07) is 5.60. The fourth-order valence-corrected chi connectivity index (χ4v) is 2.32. The number of carbonyl (C=O) groups is 1. The largest absolute Gasteiger partial charge is 0.481 e. The second kappa shape index (κ2) is 8.00. The number of rotatable bonds is 6. The van der Waals surface area contributed by atoms with E-state index >= 15 is 0 Å². The minimum atomic E-state index is -0.248. The Balaban J connectivity index is 2.06. The van der Waals surface area contributed by atoms with Crippen LogP contribution in [-0.4, -0.2) is 29.7 Å². The number of nitrogens with one attached hydrogen (secondary N) is 1. The van der Waals surface area contributed by atoms with Gasteiger partial charge in [0.05, 0.1) is 12.8 Å². The number of hydrogen-bond donors (Lipinski definition) is 1. The molecule has 0 aliphatic heterocycles. The Morgan fingerprint density at radius 3 is 2.87 bits per heavy atom. The van der Waals surface area contributed by atoms with Crippen LogP contribution in [0.5, 0.6) is 0 Å². The van der Waals surface area contributed by atoms with Crippen molar-refractivity contribution in [1.29, 1.82) is 0 Å². The van der Waals surface area contributed by atoms with Crippen molar-refractivity contribution < 1.29 is 9.53 Å². The number of nitrogens with zero attached hydrogens (tertiary/aromatic N) is 3. The Labute approximate surface area is 138 Å². The van der Waals surface area contributed by atoms with E-state index in [0.29, 0.717) is 16.6 Å². The Kier molecular flexibility index (Phi) is 5.76. The fraction of sp³-hybridized carbons (Fsp3) is 0.125. The molecule has 0 aromatic carbocycles. The van der Waals surface area contributed by atoms with Gasteiger partial charge in [-0.25, -0.2) is 9.98 Å². The number of anilines is 1. The number of amides is 1. The maximum absolute atomic E-state index is 12.1. The van der Waals surface area contributed by atoms with Crippen LogP contribution in [0.25, 0.3) is 11.4 Å². The fourth-order valence-electron chi connectivity index (χ4n) is 1.62. The first-order valence-corrected chi connectivity index (χ1v) is 7.59. The zero-order valence-corrected chi connectivity index (χ0v) is 13.6. The predicted molar refractivity (Wildman–Crippen MR) is 92.4 cm³/mol. The Hall–Kier alpha value is -2.80. The van der Waals surface area contributed by atoms with Crippen molar-refractivity contribution in [3.8, 4) is 11.4 Å². The average molecular weight is 328 g/mol. The third kappa shape index (κ3) is 4.58. The first kappa shape index (κ1) is 16.6. The topological polar surface area (TPSA) is 76.5 Å². The molecule has 0 aliphatic rings. The second-order valence-electron chi connectivity index (χ2n) is 4.42. The van der Waals surface area contributed by atoms with Crippen molar-refractivity contribution in [3.63, 3.8) is 0 Å². The number of allylic oxidation sites excluding steroid dienone is 2. The summed E-state index contributed by atoms with van der Waals surface area (Å²) in [6.45, 7) is 5.06. The molecule has 0 saturated carbocycles. The molecule has 0 saturated heterocycles. The summed E-state index contributed by atoms with van der Waals surface area (Å²) in [4.78, 5) is 24.3. The Bertz CT molecular complexity index is 750. The van der Waals surface area contributed by atoms with Crippen LogP contribution >= 0.6 is 11.3 Å². The summed E-state index contributed by atoms with van der Waals surface area (Å²) in [5, 5.41) is 5.11. The SMILES string of the molecule is C=N/C(=C\C=C(/C)C(=O)Nc1nc(-c2ccccn2)cs1)OC. The molecule has 2 aromatic rings. The number of hydrogen-bond acceptors (Lipinski definition) is 6. The highest BCUT2D eigenvalue weighted by Gasteiger charge is 2.09. The molecule has 0 spiro atoms. The molecule has 1 amide bonds. The lowest BCUT2D eigenvalue weighted by atomic mass is 10.2. The van der Waals surface area contributed by atoms with Crippen molar-refractivity contribution in [2.75, 3.05) is 12.4 Å². The lowest BCUT2D eigenvalue weighted by Crippen LogP contribution is -2.12. The molecule has 2 heterocycles. The van der Waals surface area contributed by atoms with E-state index in [2.05, 4.69) is 27.0 Å². The third-order valence-corrected chi connectivity index (χ3v) is 3.61. The van der Waals surface area contributed by atoms with Gasteiger partial charge in [0.15, 0.2) is 5.13 Å². The smallest absolute Gasteiger partial charge is 0.253 e. The van der Waals surface area contributed by atoms with Gasteiger partial charge in [-0.15, -0.1) is 11.3 Å². The van der Waals surface area contributed by atoms with Crippen molar-refractivity contribution in [1.82, 2.24) is 9.97 Å². The number of ether oxygens (including phenoxy) is 1. The number of thiazole rings is 1. The maximum Gasteiger partial charge on any atom is 0.253 e. The summed E-state index contributed by atoms with van der Waals surface area (Å²) >= 11 is 1.34. The van der Waals surface area contributed by atoms with Gasteiger partial charge in [0.25, 0.3) is 5.91 Å².